The van der Waals surface area contributed by atoms with E-state index < -0.39 is 0 Å². The van der Waals surface area contributed by atoms with Gasteiger partial charge in [0.25, 0.3) is 5.91 Å². The van der Waals surface area contributed by atoms with Gasteiger partial charge >= 0.3 is 6.03 Å². The number of anilines is 2. The molecule has 1 saturated heterocycles. The molecule has 2 aromatic carbocycles. The van der Waals surface area contributed by atoms with Crippen LogP contribution in [-0.4, -0.2) is 44.2 Å². The van der Waals surface area contributed by atoms with Crippen LogP contribution in [0, 0.1) is 6.92 Å². The van der Waals surface area contributed by atoms with Gasteiger partial charge in [-0.3, -0.25) is 15.0 Å². The first-order chi connectivity index (χ1) is 15.0. The van der Waals surface area contributed by atoms with Crippen molar-refractivity contribution >= 4 is 34.1 Å². The van der Waals surface area contributed by atoms with Crippen LogP contribution < -0.4 is 25.0 Å². The fraction of sp³-hybridized carbons (Fsp3) is 0.227. The third kappa shape index (κ3) is 4.17. The molecule has 3 amide bonds. The largest absolute Gasteiger partial charge is 0.493 e. The number of hydrogen-bond donors (Lipinski definition) is 2. The molecule has 0 unspecified atom stereocenters. The number of hydrogen-bond acceptors (Lipinski definition) is 6. The predicted molar refractivity (Wildman–Crippen MR) is 121 cm³/mol. The van der Waals surface area contributed by atoms with Crippen molar-refractivity contribution in [2.75, 3.05) is 37.5 Å². The molecule has 1 aliphatic heterocycles. The van der Waals surface area contributed by atoms with Crippen LogP contribution in [-0.2, 0) is 0 Å². The van der Waals surface area contributed by atoms with Gasteiger partial charge < -0.3 is 14.8 Å². The van der Waals surface area contributed by atoms with E-state index in [0.29, 0.717) is 35.3 Å². The highest BCUT2D eigenvalue weighted by Gasteiger charge is 2.21. The lowest BCUT2D eigenvalue weighted by molar-refractivity contribution is 0.102. The molecule has 3 aromatic rings. The van der Waals surface area contributed by atoms with Gasteiger partial charge in [-0.15, -0.1) is 11.3 Å². The summed E-state index contributed by atoms with van der Waals surface area (Å²) in [4.78, 5) is 31.7. The van der Waals surface area contributed by atoms with Gasteiger partial charge in [0, 0.05) is 34.8 Å². The highest BCUT2D eigenvalue weighted by Crippen LogP contribution is 2.36. The average Bonchev–Trinajstić information content (AvgIpc) is 3.38. The smallest absolute Gasteiger partial charge is 0.321 e. The molecule has 0 bridgehead atoms. The molecule has 0 spiro atoms. The van der Waals surface area contributed by atoms with Crippen molar-refractivity contribution in [3.05, 3.63) is 52.9 Å². The Hall–Kier alpha value is -3.59. The number of nitrogens with zero attached hydrogens (tertiary/aromatic N) is 2. The summed E-state index contributed by atoms with van der Waals surface area (Å²) in [5.41, 5.74) is 2.90. The van der Waals surface area contributed by atoms with Crippen LogP contribution in [0.25, 0.3) is 11.3 Å². The average molecular weight is 439 g/mol. The van der Waals surface area contributed by atoms with Gasteiger partial charge in [-0.2, -0.15) is 0 Å². The number of methoxy groups -OCH3 is 2. The van der Waals surface area contributed by atoms with Gasteiger partial charge in [0.05, 0.1) is 19.9 Å². The minimum Gasteiger partial charge on any atom is -0.493 e. The maximum Gasteiger partial charge on any atom is 0.321 e. The van der Waals surface area contributed by atoms with Gasteiger partial charge in [0.15, 0.2) is 16.6 Å². The van der Waals surface area contributed by atoms with Crippen molar-refractivity contribution in [1.29, 1.82) is 0 Å². The van der Waals surface area contributed by atoms with Crippen LogP contribution in [0.4, 0.5) is 15.6 Å². The summed E-state index contributed by atoms with van der Waals surface area (Å²) in [6.45, 7) is 3.18. The number of urea groups is 1. The summed E-state index contributed by atoms with van der Waals surface area (Å²) in [7, 11) is 3.17. The first kappa shape index (κ1) is 20.7. The van der Waals surface area contributed by atoms with E-state index in [2.05, 4.69) is 15.6 Å². The van der Waals surface area contributed by atoms with Crippen molar-refractivity contribution in [3.8, 4) is 22.8 Å². The Labute approximate surface area is 183 Å². The van der Waals surface area contributed by atoms with Crippen molar-refractivity contribution in [3.63, 3.8) is 0 Å². The summed E-state index contributed by atoms with van der Waals surface area (Å²) >= 11 is 1.40. The number of amides is 3. The van der Waals surface area contributed by atoms with E-state index in [1.54, 1.807) is 43.4 Å². The molecule has 0 aliphatic carbocycles. The molecule has 1 fully saturated rings. The second-order valence-corrected chi connectivity index (χ2v) is 8.08. The lowest BCUT2D eigenvalue weighted by Crippen LogP contribution is -2.27. The number of nitrogens with one attached hydrogen (secondary N) is 2. The minimum atomic E-state index is -0.259. The number of aryl methyl sites for hydroxylation is 1. The molecule has 4 rings (SSSR count). The molecule has 0 atom stereocenters. The van der Waals surface area contributed by atoms with Gasteiger partial charge in [-0.1, -0.05) is 0 Å². The van der Waals surface area contributed by atoms with E-state index in [4.69, 9.17) is 9.47 Å². The SMILES string of the molecule is COc1ccc(-c2nc(NC(=O)c3ccc(N4CCNC4=O)cc3)sc2C)cc1OC. The van der Waals surface area contributed by atoms with Crippen LogP contribution in [0.5, 0.6) is 11.5 Å². The first-order valence-corrected chi connectivity index (χ1v) is 10.5. The second kappa shape index (κ2) is 8.65. The number of rotatable bonds is 6. The number of ether oxygens (including phenoxy) is 2. The third-order valence-electron chi connectivity index (χ3n) is 4.97. The fourth-order valence-corrected chi connectivity index (χ4v) is 4.21. The van der Waals surface area contributed by atoms with Crippen LogP contribution in [0.3, 0.4) is 0 Å². The molecular weight excluding hydrogens is 416 g/mol. The first-order valence-electron chi connectivity index (χ1n) is 9.66. The van der Waals surface area contributed by atoms with Gasteiger partial charge in [-0.25, -0.2) is 9.78 Å². The maximum atomic E-state index is 12.7. The number of aromatic nitrogens is 1. The summed E-state index contributed by atoms with van der Waals surface area (Å²) in [5.74, 6) is 0.998. The number of thiazole rings is 1. The molecule has 1 aromatic heterocycles. The van der Waals surface area contributed by atoms with Crippen LogP contribution >= 0.6 is 11.3 Å². The topological polar surface area (TPSA) is 92.8 Å². The van der Waals surface area contributed by atoms with Crippen molar-refractivity contribution < 1.29 is 19.1 Å². The molecule has 2 N–H and O–H groups in total. The zero-order chi connectivity index (χ0) is 22.0. The third-order valence-corrected chi connectivity index (χ3v) is 5.86. The Morgan fingerprint density at radius 3 is 2.52 bits per heavy atom. The van der Waals surface area contributed by atoms with Gasteiger partial charge in [0.2, 0.25) is 0 Å². The standard InChI is InChI=1S/C22H22N4O4S/c1-13-19(15-6-9-17(29-2)18(12-15)30-3)24-21(31-13)25-20(27)14-4-7-16(8-5-14)26-11-10-23-22(26)28/h4-9,12H,10-11H2,1-3H3,(H,23,28)(H,24,25,27). The summed E-state index contributed by atoms with van der Waals surface area (Å²) in [5, 5.41) is 6.13. The van der Waals surface area contributed by atoms with Crippen molar-refractivity contribution in [1.82, 2.24) is 10.3 Å². The molecule has 1 aliphatic rings. The molecule has 0 radical (unpaired) electrons. The fourth-order valence-electron chi connectivity index (χ4n) is 3.38. The summed E-state index contributed by atoms with van der Waals surface area (Å²) < 4.78 is 10.7. The van der Waals surface area contributed by atoms with Crippen LogP contribution in [0.1, 0.15) is 15.2 Å². The Bertz CT molecular complexity index is 1130. The van der Waals surface area contributed by atoms with Gasteiger partial charge in [-0.05, 0) is 49.4 Å². The highest BCUT2D eigenvalue weighted by molar-refractivity contribution is 7.16. The number of benzene rings is 2. The van der Waals surface area contributed by atoms with Crippen molar-refractivity contribution in [2.45, 2.75) is 6.92 Å². The Kier molecular flexibility index (Phi) is 5.77. The van der Waals surface area contributed by atoms with E-state index >= 15 is 0 Å². The number of carbonyl (C=O) groups excluding carboxylic acids is 2. The van der Waals surface area contributed by atoms with E-state index in [-0.39, 0.29) is 11.9 Å². The zero-order valence-corrected chi connectivity index (χ0v) is 18.2. The molecule has 2 heterocycles. The molecule has 8 nitrogen and oxygen atoms in total. The minimum absolute atomic E-state index is 0.127. The Morgan fingerprint density at radius 2 is 1.87 bits per heavy atom. The lowest BCUT2D eigenvalue weighted by atomic mass is 10.1. The molecule has 31 heavy (non-hydrogen) atoms. The van der Waals surface area contributed by atoms with E-state index in [1.165, 1.54) is 11.3 Å². The number of carbonyl (C=O) groups is 2. The van der Waals surface area contributed by atoms with Crippen molar-refractivity contribution in [2.24, 2.45) is 0 Å². The molecule has 160 valence electrons. The van der Waals surface area contributed by atoms with Crippen LogP contribution in [0.15, 0.2) is 42.5 Å². The monoisotopic (exact) mass is 438 g/mol. The maximum absolute atomic E-state index is 12.7. The van der Waals surface area contributed by atoms with E-state index in [1.807, 2.05) is 25.1 Å². The van der Waals surface area contributed by atoms with E-state index in [0.717, 1.165) is 21.8 Å². The van der Waals surface area contributed by atoms with Gasteiger partial charge in [0.1, 0.15) is 0 Å². The summed E-state index contributed by atoms with van der Waals surface area (Å²) in [6.07, 6.45) is 0. The second-order valence-electron chi connectivity index (χ2n) is 6.88. The zero-order valence-electron chi connectivity index (χ0n) is 17.4. The molecule has 0 saturated carbocycles. The van der Waals surface area contributed by atoms with Crippen LogP contribution in [0.2, 0.25) is 0 Å². The summed E-state index contributed by atoms with van der Waals surface area (Å²) in [6, 6.07) is 12.4. The molecule has 9 heteroatoms. The quantitative estimate of drug-likeness (QED) is 0.609. The lowest BCUT2D eigenvalue weighted by Gasteiger charge is -2.14. The Morgan fingerprint density at radius 1 is 1.13 bits per heavy atom. The molecular formula is C22H22N4O4S. The Balaban J connectivity index is 1.50. The normalized spacial score (nSPS) is 13.1. The predicted octanol–water partition coefficient (Wildman–Crippen LogP) is 3.92. The van der Waals surface area contributed by atoms with E-state index in [9.17, 15) is 9.59 Å². The highest BCUT2D eigenvalue weighted by atomic mass is 32.1.